The van der Waals surface area contributed by atoms with Crippen LogP contribution in [0.4, 0.5) is 5.69 Å². The van der Waals surface area contributed by atoms with Crippen LogP contribution < -0.4 is 10.6 Å². The summed E-state index contributed by atoms with van der Waals surface area (Å²) in [5, 5.41) is 6.55. The summed E-state index contributed by atoms with van der Waals surface area (Å²) in [6, 6.07) is 11.1. The van der Waals surface area contributed by atoms with Gasteiger partial charge in [0.25, 0.3) is 0 Å². The van der Waals surface area contributed by atoms with Crippen LogP contribution in [0.3, 0.4) is 0 Å². The van der Waals surface area contributed by atoms with Crippen LogP contribution in [0.5, 0.6) is 0 Å². The van der Waals surface area contributed by atoms with Gasteiger partial charge in [0.2, 0.25) is 5.91 Å². The fourth-order valence-electron chi connectivity index (χ4n) is 3.94. The largest absolute Gasteiger partial charge is 0.323 e. The number of carbonyl (C=O) groups excluding carboxylic acids is 1. The number of amides is 1. The first-order chi connectivity index (χ1) is 11.8. The molecular weight excluding hydrogens is 300 g/mol. The zero-order valence-electron chi connectivity index (χ0n) is 13.6. The summed E-state index contributed by atoms with van der Waals surface area (Å²) >= 11 is 0. The minimum absolute atomic E-state index is 0.0670. The summed E-state index contributed by atoms with van der Waals surface area (Å²) in [7, 11) is 0. The molecule has 2 aromatic rings. The summed E-state index contributed by atoms with van der Waals surface area (Å²) in [4.78, 5) is 21.0. The monoisotopic (exact) mass is 322 g/mol. The molecular formula is C19H22N4O. The minimum Gasteiger partial charge on any atom is -0.323 e. The number of piperidine rings is 1. The molecule has 0 aliphatic carbocycles. The zero-order chi connectivity index (χ0) is 16.4. The molecule has 2 fully saturated rings. The summed E-state index contributed by atoms with van der Waals surface area (Å²) in [6.45, 7) is 0. The molecule has 2 aliphatic rings. The normalized spacial score (nSPS) is 25.4. The van der Waals surface area contributed by atoms with E-state index in [2.05, 4.69) is 20.6 Å². The Bertz CT molecular complexity index is 689. The lowest BCUT2D eigenvalue weighted by atomic mass is 9.89. The molecule has 2 aliphatic heterocycles. The highest BCUT2D eigenvalue weighted by Gasteiger charge is 2.34. The molecule has 2 N–H and O–H groups in total. The van der Waals surface area contributed by atoms with Gasteiger partial charge in [-0.1, -0.05) is 30.3 Å². The quantitative estimate of drug-likeness (QED) is 0.908. The second-order valence-corrected chi connectivity index (χ2v) is 6.89. The van der Waals surface area contributed by atoms with Gasteiger partial charge in [-0.05, 0) is 31.6 Å². The van der Waals surface area contributed by atoms with Crippen molar-refractivity contribution in [2.45, 2.75) is 44.2 Å². The molecule has 2 bridgehead atoms. The van der Waals surface area contributed by atoms with Gasteiger partial charge in [0.05, 0.1) is 18.1 Å². The number of fused-ring (bicyclic) bond motifs is 2. The number of nitrogens with zero attached hydrogens (tertiary/aromatic N) is 2. The second kappa shape index (κ2) is 6.69. The van der Waals surface area contributed by atoms with Crippen molar-refractivity contribution in [3.63, 3.8) is 0 Å². The maximum Gasteiger partial charge on any atom is 0.224 e. The van der Waals surface area contributed by atoms with Crippen molar-refractivity contribution in [2.24, 2.45) is 5.92 Å². The van der Waals surface area contributed by atoms with E-state index < -0.39 is 0 Å². The van der Waals surface area contributed by atoms with Gasteiger partial charge in [0, 0.05) is 24.1 Å². The van der Waals surface area contributed by atoms with Crippen molar-refractivity contribution in [1.29, 1.82) is 0 Å². The molecule has 2 atom stereocenters. The lowest BCUT2D eigenvalue weighted by molar-refractivity contribution is -0.117. The molecule has 0 saturated carbocycles. The van der Waals surface area contributed by atoms with Crippen molar-refractivity contribution in [2.75, 3.05) is 5.32 Å². The fraction of sp³-hybridized carbons (Fsp3) is 0.421. The molecule has 24 heavy (non-hydrogen) atoms. The molecule has 1 aromatic carbocycles. The molecule has 124 valence electrons. The predicted molar refractivity (Wildman–Crippen MR) is 93.4 cm³/mol. The van der Waals surface area contributed by atoms with E-state index in [1.165, 1.54) is 12.8 Å². The average molecular weight is 322 g/mol. The van der Waals surface area contributed by atoms with Gasteiger partial charge < -0.3 is 10.6 Å². The van der Waals surface area contributed by atoms with E-state index >= 15 is 0 Å². The highest BCUT2D eigenvalue weighted by Crippen LogP contribution is 2.32. The van der Waals surface area contributed by atoms with Gasteiger partial charge in [-0.3, -0.25) is 4.79 Å². The number of benzene rings is 1. The Hall–Kier alpha value is -2.27. The van der Waals surface area contributed by atoms with E-state index in [0.717, 1.165) is 18.4 Å². The van der Waals surface area contributed by atoms with E-state index in [9.17, 15) is 4.79 Å². The SMILES string of the molecule is O=C(CC1CC2CCC(C1)N2)Nc1cnc(-c2ccccc2)nc1. The number of hydrogen-bond acceptors (Lipinski definition) is 4. The van der Waals surface area contributed by atoms with Gasteiger partial charge in [0.15, 0.2) is 5.82 Å². The van der Waals surface area contributed by atoms with Crippen molar-refractivity contribution in [3.8, 4) is 11.4 Å². The molecule has 5 heteroatoms. The molecule has 0 radical (unpaired) electrons. The standard InChI is InChI=1S/C19H22N4O/c24-18(10-13-8-15-6-7-16(9-13)22-15)23-17-11-20-19(21-12-17)14-4-2-1-3-5-14/h1-5,11-13,15-16,22H,6-10H2,(H,23,24). The fourth-order valence-corrected chi connectivity index (χ4v) is 3.94. The molecule has 5 nitrogen and oxygen atoms in total. The number of carbonyl (C=O) groups is 1. The molecule has 0 spiro atoms. The third-order valence-electron chi connectivity index (χ3n) is 5.01. The summed E-state index contributed by atoms with van der Waals surface area (Å²) < 4.78 is 0. The van der Waals surface area contributed by atoms with Gasteiger partial charge >= 0.3 is 0 Å². The Morgan fingerprint density at radius 2 is 1.75 bits per heavy atom. The molecule has 3 heterocycles. The Balaban J connectivity index is 1.34. The van der Waals surface area contributed by atoms with Gasteiger partial charge in [-0.25, -0.2) is 9.97 Å². The van der Waals surface area contributed by atoms with Crippen LogP contribution in [-0.4, -0.2) is 28.0 Å². The van der Waals surface area contributed by atoms with Gasteiger partial charge in [-0.15, -0.1) is 0 Å². The Morgan fingerprint density at radius 3 is 2.42 bits per heavy atom. The van der Waals surface area contributed by atoms with Crippen molar-refractivity contribution in [3.05, 3.63) is 42.7 Å². The Morgan fingerprint density at radius 1 is 1.08 bits per heavy atom. The third-order valence-corrected chi connectivity index (χ3v) is 5.01. The van der Waals surface area contributed by atoms with Crippen molar-refractivity contribution < 1.29 is 4.79 Å². The van der Waals surface area contributed by atoms with Crippen molar-refractivity contribution >= 4 is 11.6 Å². The number of anilines is 1. The van der Waals surface area contributed by atoms with Crippen LogP contribution in [0.25, 0.3) is 11.4 Å². The first kappa shape index (κ1) is 15.3. The zero-order valence-corrected chi connectivity index (χ0v) is 13.6. The highest BCUT2D eigenvalue weighted by atomic mass is 16.1. The number of aromatic nitrogens is 2. The van der Waals surface area contributed by atoms with E-state index in [4.69, 9.17) is 0 Å². The van der Waals surface area contributed by atoms with Gasteiger partial charge in [0.1, 0.15) is 0 Å². The van der Waals surface area contributed by atoms with Crippen LogP contribution in [0, 0.1) is 5.92 Å². The van der Waals surface area contributed by atoms with Crippen LogP contribution in [0.1, 0.15) is 32.1 Å². The number of rotatable bonds is 4. The van der Waals surface area contributed by atoms with E-state index in [0.29, 0.717) is 35.9 Å². The second-order valence-electron chi connectivity index (χ2n) is 6.89. The molecule has 1 aromatic heterocycles. The van der Waals surface area contributed by atoms with Crippen LogP contribution >= 0.6 is 0 Å². The Kier molecular flexibility index (Phi) is 4.26. The summed E-state index contributed by atoms with van der Waals surface area (Å²) in [5.74, 6) is 1.23. The lowest BCUT2D eigenvalue weighted by Gasteiger charge is -2.28. The molecule has 1 amide bonds. The highest BCUT2D eigenvalue weighted by molar-refractivity contribution is 5.90. The molecule has 4 rings (SSSR count). The molecule has 2 saturated heterocycles. The predicted octanol–water partition coefficient (Wildman–Crippen LogP) is 3.00. The maximum absolute atomic E-state index is 12.3. The smallest absolute Gasteiger partial charge is 0.224 e. The first-order valence-corrected chi connectivity index (χ1v) is 8.69. The topological polar surface area (TPSA) is 66.9 Å². The van der Waals surface area contributed by atoms with Crippen molar-refractivity contribution in [1.82, 2.24) is 15.3 Å². The lowest BCUT2D eigenvalue weighted by Crippen LogP contribution is -2.39. The first-order valence-electron chi connectivity index (χ1n) is 8.69. The van der Waals surface area contributed by atoms with E-state index in [1.54, 1.807) is 12.4 Å². The Labute approximate surface area is 141 Å². The van der Waals surface area contributed by atoms with Crippen LogP contribution in [0.15, 0.2) is 42.7 Å². The van der Waals surface area contributed by atoms with Crippen LogP contribution in [0.2, 0.25) is 0 Å². The minimum atomic E-state index is 0.0670. The van der Waals surface area contributed by atoms with E-state index in [1.807, 2.05) is 30.3 Å². The van der Waals surface area contributed by atoms with E-state index in [-0.39, 0.29) is 5.91 Å². The number of nitrogens with one attached hydrogen (secondary N) is 2. The third kappa shape index (κ3) is 3.46. The molecule has 2 unspecified atom stereocenters. The summed E-state index contributed by atoms with van der Waals surface area (Å²) in [6.07, 6.45) is 8.71. The summed E-state index contributed by atoms with van der Waals surface area (Å²) in [5.41, 5.74) is 1.64. The average Bonchev–Trinajstić information content (AvgIpc) is 2.95. The van der Waals surface area contributed by atoms with Crippen LogP contribution in [-0.2, 0) is 4.79 Å². The maximum atomic E-state index is 12.3. The van der Waals surface area contributed by atoms with Gasteiger partial charge in [-0.2, -0.15) is 0 Å². The number of hydrogen-bond donors (Lipinski definition) is 2.